The standard InChI is InChI=1S/C8H10.C7H9N.2C6H8O.2C6H8S.2C5H7NS.7CH4/c1-7-3-5-8(2)6-4-7;1-6-3-4-7(2)8-5-6;1-5-3-6(2)7-4-5;1-5-3-4-6(2)7-5;1-5-3-6(2)7-4-5;1-5-3-4-6(2)7-5;1-4-3-7-5(2)6-4;1-4-3-6-5(2)7-4;;;;;;;/h3-6H,1-2H3;3-5H,1-2H3;4*3-4H,1-2H3;2*3H,1-2H3;7*1H4. The van der Waals surface area contributed by atoms with E-state index in [1.165, 1.54) is 47.3 Å². The molecular formula is C56H93N3O2S4. The van der Waals surface area contributed by atoms with Crippen LogP contribution >= 0.6 is 45.3 Å². The summed E-state index contributed by atoms with van der Waals surface area (Å²) >= 11 is 7.07. The number of furan rings is 2. The fourth-order valence-corrected chi connectivity index (χ4v) is 7.12. The fraction of sp³-hybridized carbons (Fsp3) is 0.411. The van der Waals surface area contributed by atoms with Crippen molar-refractivity contribution in [2.75, 3.05) is 0 Å². The molecule has 0 atom stereocenters. The predicted octanol–water partition coefficient (Wildman–Crippen LogP) is 20.5. The number of rotatable bonds is 0. The maximum absolute atomic E-state index is 5.08. The highest BCUT2D eigenvalue weighted by Crippen LogP contribution is 2.12. The topological polar surface area (TPSA) is 65.0 Å². The molecule has 9 heteroatoms. The number of nitrogens with zero attached hydrogens (tertiary/aromatic N) is 3. The Balaban J connectivity index is -0.000000117. The van der Waals surface area contributed by atoms with E-state index in [1.807, 2.05) is 110 Å². The van der Waals surface area contributed by atoms with Gasteiger partial charge in [-0.1, -0.05) is 93.4 Å². The van der Waals surface area contributed by atoms with Crippen molar-refractivity contribution in [3.63, 3.8) is 0 Å². The average molecular weight is 969 g/mol. The van der Waals surface area contributed by atoms with E-state index in [2.05, 4.69) is 123 Å². The van der Waals surface area contributed by atoms with Crippen molar-refractivity contribution in [3.8, 4) is 0 Å². The smallest absolute Gasteiger partial charge is 0.101 e. The number of hydrogen-bond donors (Lipinski definition) is 0. The molecule has 0 amide bonds. The first-order chi connectivity index (χ1) is 27.3. The van der Waals surface area contributed by atoms with E-state index < -0.39 is 0 Å². The maximum atomic E-state index is 5.08. The molecule has 0 bridgehead atoms. The van der Waals surface area contributed by atoms with Crippen molar-refractivity contribution >= 4 is 45.3 Å². The minimum Gasteiger partial charge on any atom is -0.469 e. The molecule has 0 aliphatic heterocycles. The molecule has 0 fully saturated rings. The molecule has 0 aliphatic rings. The zero-order chi connectivity index (χ0) is 43.6. The fourth-order valence-electron chi connectivity index (χ4n) is 4.38. The van der Waals surface area contributed by atoms with Crippen LogP contribution in [0, 0.1) is 111 Å². The number of thiophene rings is 2. The molecule has 0 unspecified atom stereocenters. The second-order valence-electron chi connectivity index (χ2n) is 13.9. The highest BCUT2D eigenvalue weighted by atomic mass is 32.1. The van der Waals surface area contributed by atoms with Gasteiger partial charge in [0.05, 0.1) is 16.3 Å². The van der Waals surface area contributed by atoms with Crippen LogP contribution in [0.15, 0.2) is 111 Å². The van der Waals surface area contributed by atoms with Crippen molar-refractivity contribution in [2.45, 2.75) is 163 Å². The number of thiazole rings is 2. The highest BCUT2D eigenvalue weighted by Gasteiger charge is 1.89. The van der Waals surface area contributed by atoms with Gasteiger partial charge in [0.15, 0.2) is 0 Å². The first-order valence-corrected chi connectivity index (χ1v) is 22.5. The van der Waals surface area contributed by atoms with Gasteiger partial charge >= 0.3 is 0 Å². The summed E-state index contributed by atoms with van der Waals surface area (Å²) in [6.45, 7) is 32.6. The number of aryl methyl sites for hydroxylation is 16. The lowest BCUT2D eigenvalue weighted by atomic mass is 10.2. The van der Waals surface area contributed by atoms with Crippen molar-refractivity contribution in [1.29, 1.82) is 0 Å². The Kier molecular flexibility index (Phi) is 48.7. The molecule has 0 saturated carbocycles. The lowest BCUT2D eigenvalue weighted by molar-refractivity contribution is 0.504. The van der Waals surface area contributed by atoms with Crippen LogP contribution < -0.4 is 0 Å². The number of hydrogen-bond acceptors (Lipinski definition) is 9. The van der Waals surface area contributed by atoms with Crippen LogP contribution in [0.3, 0.4) is 0 Å². The lowest BCUT2D eigenvalue weighted by Gasteiger charge is -1.90. The number of benzene rings is 1. The SMILES string of the molecule is C.C.C.C.C.C.C.Cc1ccc(C)cc1.Cc1ccc(C)nc1.Cc1ccc(C)o1.Cc1ccc(C)s1.Cc1cnc(C)s1.Cc1coc(C)c1.Cc1csc(C)c1.Cc1csc(C)n1. The molecule has 0 N–H and O–H groups in total. The van der Waals surface area contributed by atoms with Gasteiger partial charge < -0.3 is 8.83 Å². The van der Waals surface area contributed by atoms with Crippen molar-refractivity contribution < 1.29 is 8.83 Å². The lowest BCUT2D eigenvalue weighted by Crippen LogP contribution is -1.78. The van der Waals surface area contributed by atoms with Gasteiger partial charge in [0.25, 0.3) is 0 Å². The first-order valence-electron chi connectivity index (χ1n) is 19.1. The van der Waals surface area contributed by atoms with Gasteiger partial charge in [0.1, 0.15) is 17.3 Å². The molecular weight excluding hydrogens is 875 g/mol. The third-order valence-corrected chi connectivity index (χ3v) is 10.8. The molecule has 7 aromatic heterocycles. The van der Waals surface area contributed by atoms with Gasteiger partial charge in [-0.3, -0.25) is 4.98 Å². The minimum absolute atomic E-state index is 0. The summed E-state index contributed by atoms with van der Waals surface area (Å²) in [6, 6.07) is 24.9. The third-order valence-electron chi connectivity index (χ3n) is 7.22. The molecule has 5 nitrogen and oxygen atoms in total. The zero-order valence-corrected chi connectivity index (χ0v) is 40.9. The number of pyridine rings is 1. The zero-order valence-electron chi connectivity index (χ0n) is 37.6. The quantitative estimate of drug-likeness (QED) is 0.151. The Morgan fingerprint density at radius 1 is 0.369 bits per heavy atom. The molecule has 7 heterocycles. The molecule has 0 spiro atoms. The van der Waals surface area contributed by atoms with E-state index in [4.69, 9.17) is 8.83 Å². The summed E-state index contributed by atoms with van der Waals surface area (Å²) < 4.78 is 10.0. The largest absolute Gasteiger partial charge is 0.469 e. The van der Waals surface area contributed by atoms with E-state index in [9.17, 15) is 0 Å². The van der Waals surface area contributed by atoms with Crippen LogP contribution in [-0.2, 0) is 0 Å². The van der Waals surface area contributed by atoms with Crippen LogP contribution in [0.4, 0.5) is 0 Å². The van der Waals surface area contributed by atoms with Gasteiger partial charge in [-0.25, -0.2) is 9.97 Å². The van der Waals surface area contributed by atoms with Crippen LogP contribution in [0.1, 0.15) is 138 Å². The normalized spacial score (nSPS) is 8.37. The Labute approximate surface area is 417 Å². The number of aromatic nitrogens is 3. The molecule has 0 radical (unpaired) electrons. The van der Waals surface area contributed by atoms with Crippen molar-refractivity contribution in [3.05, 3.63) is 188 Å². The van der Waals surface area contributed by atoms with Crippen molar-refractivity contribution in [2.24, 2.45) is 0 Å². The Hall–Kier alpha value is -4.41. The van der Waals surface area contributed by atoms with Crippen LogP contribution in [0.25, 0.3) is 0 Å². The van der Waals surface area contributed by atoms with E-state index in [0.717, 1.165) is 38.7 Å². The molecule has 65 heavy (non-hydrogen) atoms. The molecule has 1 aromatic carbocycles. The molecule has 8 rings (SSSR count). The van der Waals surface area contributed by atoms with Gasteiger partial charge in [0, 0.05) is 48.7 Å². The second-order valence-corrected chi connectivity index (χ2v) is 19.0. The van der Waals surface area contributed by atoms with E-state index in [1.54, 1.807) is 40.3 Å². The Bertz CT molecular complexity index is 1730. The van der Waals surface area contributed by atoms with E-state index >= 15 is 0 Å². The molecule has 0 aliphatic carbocycles. The van der Waals surface area contributed by atoms with Gasteiger partial charge in [-0.15, -0.1) is 45.3 Å². The molecule has 0 saturated heterocycles. The monoisotopic (exact) mass is 968 g/mol. The Morgan fingerprint density at radius 3 is 1.05 bits per heavy atom. The average Bonchev–Trinajstić information content (AvgIpc) is 4.04. The summed E-state index contributed by atoms with van der Waals surface area (Å²) in [7, 11) is 0. The molecule has 368 valence electrons. The summed E-state index contributed by atoms with van der Waals surface area (Å²) in [5.74, 6) is 2.95. The third kappa shape index (κ3) is 40.8. The molecule has 8 aromatic rings. The Morgan fingerprint density at radius 2 is 0.877 bits per heavy atom. The van der Waals surface area contributed by atoms with Crippen LogP contribution in [0.2, 0.25) is 0 Å². The van der Waals surface area contributed by atoms with E-state index in [-0.39, 0.29) is 52.0 Å². The van der Waals surface area contributed by atoms with Gasteiger partial charge in [-0.2, -0.15) is 0 Å². The van der Waals surface area contributed by atoms with Crippen LogP contribution in [-0.4, -0.2) is 15.0 Å². The van der Waals surface area contributed by atoms with Gasteiger partial charge in [-0.05, 0) is 175 Å². The van der Waals surface area contributed by atoms with E-state index in [0.29, 0.717) is 0 Å². The highest BCUT2D eigenvalue weighted by molar-refractivity contribution is 7.12. The van der Waals surface area contributed by atoms with Crippen molar-refractivity contribution in [1.82, 2.24) is 15.0 Å². The minimum atomic E-state index is 0. The van der Waals surface area contributed by atoms with Crippen LogP contribution in [0.5, 0.6) is 0 Å². The summed E-state index contributed by atoms with van der Waals surface area (Å²) in [6.07, 6.45) is 5.50. The van der Waals surface area contributed by atoms with Gasteiger partial charge in [0.2, 0.25) is 0 Å². The summed E-state index contributed by atoms with van der Waals surface area (Å²) in [5.41, 5.74) is 8.65. The summed E-state index contributed by atoms with van der Waals surface area (Å²) in [5, 5.41) is 6.51. The maximum Gasteiger partial charge on any atom is 0.101 e. The summed E-state index contributed by atoms with van der Waals surface area (Å²) in [4.78, 5) is 17.7. The first kappa shape index (κ1) is 74.9. The predicted molar refractivity (Wildman–Crippen MR) is 304 cm³/mol. The second kappa shape index (κ2) is 42.2.